The first kappa shape index (κ1) is 19.4. The SMILES string of the molecule is C=C(CC(=O)Nc1ccc(C(=O)OCC)cc1)C(=O)OCCCC. The molecule has 0 heterocycles. The van der Waals surface area contributed by atoms with Crippen LogP contribution in [-0.4, -0.2) is 31.1 Å². The zero-order chi connectivity index (χ0) is 17.9. The van der Waals surface area contributed by atoms with E-state index in [1.54, 1.807) is 31.2 Å². The van der Waals surface area contributed by atoms with Gasteiger partial charge < -0.3 is 14.8 Å². The van der Waals surface area contributed by atoms with E-state index in [9.17, 15) is 14.4 Å². The molecule has 0 aliphatic heterocycles. The van der Waals surface area contributed by atoms with Crippen molar-refractivity contribution >= 4 is 23.5 Å². The van der Waals surface area contributed by atoms with E-state index in [-0.39, 0.29) is 17.9 Å². The Labute approximate surface area is 141 Å². The minimum atomic E-state index is -0.559. The molecule has 0 aromatic heterocycles. The number of carbonyl (C=O) groups excluding carboxylic acids is 3. The van der Waals surface area contributed by atoms with E-state index in [2.05, 4.69) is 11.9 Å². The average Bonchev–Trinajstić information content (AvgIpc) is 2.55. The number of amides is 1. The average molecular weight is 333 g/mol. The first-order chi connectivity index (χ1) is 11.5. The molecule has 0 saturated carbocycles. The van der Waals surface area contributed by atoms with E-state index in [1.807, 2.05) is 6.92 Å². The van der Waals surface area contributed by atoms with Gasteiger partial charge in [-0.1, -0.05) is 19.9 Å². The van der Waals surface area contributed by atoms with Gasteiger partial charge in [0.1, 0.15) is 0 Å². The lowest BCUT2D eigenvalue weighted by Gasteiger charge is -2.08. The zero-order valence-electron chi connectivity index (χ0n) is 14.1. The summed E-state index contributed by atoms with van der Waals surface area (Å²) in [6.45, 7) is 7.92. The molecule has 6 heteroatoms. The second-order valence-corrected chi connectivity index (χ2v) is 5.12. The lowest BCUT2D eigenvalue weighted by molar-refractivity contribution is -0.139. The highest BCUT2D eigenvalue weighted by molar-refractivity contribution is 6.00. The first-order valence-corrected chi connectivity index (χ1v) is 7.89. The van der Waals surface area contributed by atoms with Gasteiger partial charge in [0.25, 0.3) is 0 Å². The van der Waals surface area contributed by atoms with Gasteiger partial charge in [0.2, 0.25) is 5.91 Å². The number of hydrogen-bond donors (Lipinski definition) is 1. The van der Waals surface area contributed by atoms with E-state index in [4.69, 9.17) is 9.47 Å². The Kier molecular flexibility index (Phi) is 8.25. The largest absolute Gasteiger partial charge is 0.462 e. The number of nitrogens with one attached hydrogen (secondary N) is 1. The summed E-state index contributed by atoms with van der Waals surface area (Å²) in [5.41, 5.74) is 1.02. The van der Waals surface area contributed by atoms with Crippen molar-refractivity contribution < 1.29 is 23.9 Å². The number of carbonyl (C=O) groups is 3. The van der Waals surface area contributed by atoms with Gasteiger partial charge in [-0.25, -0.2) is 9.59 Å². The lowest BCUT2D eigenvalue weighted by Crippen LogP contribution is -2.17. The molecule has 24 heavy (non-hydrogen) atoms. The second kappa shape index (κ2) is 10.2. The highest BCUT2D eigenvalue weighted by atomic mass is 16.5. The number of hydrogen-bond acceptors (Lipinski definition) is 5. The molecule has 0 radical (unpaired) electrons. The van der Waals surface area contributed by atoms with Crippen LogP contribution >= 0.6 is 0 Å². The van der Waals surface area contributed by atoms with E-state index < -0.39 is 11.9 Å². The molecule has 130 valence electrons. The predicted molar refractivity (Wildman–Crippen MR) is 90.7 cm³/mol. The van der Waals surface area contributed by atoms with Crippen molar-refractivity contribution in [3.05, 3.63) is 42.0 Å². The number of ether oxygens (including phenoxy) is 2. The number of esters is 2. The Balaban J connectivity index is 2.48. The van der Waals surface area contributed by atoms with Gasteiger partial charge in [-0.2, -0.15) is 0 Å². The summed E-state index contributed by atoms with van der Waals surface area (Å²) < 4.78 is 9.87. The van der Waals surface area contributed by atoms with E-state index in [0.717, 1.165) is 12.8 Å². The van der Waals surface area contributed by atoms with Gasteiger partial charge in [0.15, 0.2) is 0 Å². The summed E-state index contributed by atoms with van der Waals surface area (Å²) in [6.07, 6.45) is 1.55. The fourth-order valence-electron chi connectivity index (χ4n) is 1.79. The Morgan fingerprint density at radius 3 is 2.33 bits per heavy atom. The molecule has 6 nitrogen and oxygen atoms in total. The summed E-state index contributed by atoms with van der Waals surface area (Å²) in [5, 5.41) is 2.63. The lowest BCUT2D eigenvalue weighted by atomic mass is 10.2. The van der Waals surface area contributed by atoms with Gasteiger partial charge >= 0.3 is 11.9 Å². The van der Waals surface area contributed by atoms with Crippen LogP contribution in [0.3, 0.4) is 0 Å². The van der Waals surface area contributed by atoms with Crippen molar-refractivity contribution in [2.45, 2.75) is 33.1 Å². The third kappa shape index (κ3) is 6.64. The Hall–Kier alpha value is -2.63. The van der Waals surface area contributed by atoms with Crippen LogP contribution in [0.5, 0.6) is 0 Å². The van der Waals surface area contributed by atoms with Crippen LogP contribution in [0.1, 0.15) is 43.5 Å². The molecule has 0 spiro atoms. The number of rotatable bonds is 9. The minimum absolute atomic E-state index is 0.103. The van der Waals surface area contributed by atoms with Gasteiger partial charge in [-0.15, -0.1) is 0 Å². The summed E-state index contributed by atoms with van der Waals surface area (Å²) in [5.74, 6) is -1.36. The number of unbranched alkanes of at least 4 members (excludes halogenated alkanes) is 1. The van der Waals surface area contributed by atoms with E-state index in [1.165, 1.54) is 0 Å². The van der Waals surface area contributed by atoms with Crippen molar-refractivity contribution in [2.24, 2.45) is 0 Å². The maximum absolute atomic E-state index is 11.9. The molecule has 1 amide bonds. The van der Waals surface area contributed by atoms with Crippen molar-refractivity contribution in [1.82, 2.24) is 0 Å². The van der Waals surface area contributed by atoms with Gasteiger partial charge in [0.05, 0.1) is 25.2 Å². The van der Waals surface area contributed by atoms with Gasteiger partial charge in [0, 0.05) is 11.3 Å². The van der Waals surface area contributed by atoms with Crippen LogP contribution in [0.25, 0.3) is 0 Å². The molecule has 0 bridgehead atoms. The summed E-state index contributed by atoms with van der Waals surface area (Å²) in [7, 11) is 0. The van der Waals surface area contributed by atoms with Crippen LogP contribution in [0.2, 0.25) is 0 Å². The van der Waals surface area contributed by atoms with Crippen LogP contribution in [0.4, 0.5) is 5.69 Å². The second-order valence-electron chi connectivity index (χ2n) is 5.12. The molecule has 1 aromatic rings. The maximum atomic E-state index is 11.9. The topological polar surface area (TPSA) is 81.7 Å². The molecular formula is C18H23NO5. The molecule has 0 atom stereocenters. The smallest absolute Gasteiger partial charge is 0.338 e. The Bertz CT molecular complexity index is 592. The molecule has 0 aliphatic rings. The third-order valence-electron chi connectivity index (χ3n) is 3.07. The fourth-order valence-corrected chi connectivity index (χ4v) is 1.79. The van der Waals surface area contributed by atoms with Gasteiger partial charge in [-0.3, -0.25) is 4.79 Å². The summed E-state index contributed by atoms with van der Waals surface area (Å²) >= 11 is 0. The van der Waals surface area contributed by atoms with Crippen LogP contribution < -0.4 is 5.32 Å². The zero-order valence-corrected chi connectivity index (χ0v) is 14.1. The molecule has 1 aromatic carbocycles. The first-order valence-electron chi connectivity index (χ1n) is 7.89. The molecule has 1 N–H and O–H groups in total. The van der Waals surface area contributed by atoms with E-state index in [0.29, 0.717) is 24.5 Å². The number of benzene rings is 1. The Morgan fingerprint density at radius 1 is 1.08 bits per heavy atom. The van der Waals surface area contributed by atoms with E-state index >= 15 is 0 Å². The van der Waals surface area contributed by atoms with Crippen LogP contribution in [0, 0.1) is 0 Å². The molecule has 0 aliphatic carbocycles. The highest BCUT2D eigenvalue weighted by Gasteiger charge is 2.13. The normalized spacial score (nSPS) is 9.92. The molecule has 1 rings (SSSR count). The van der Waals surface area contributed by atoms with Crippen molar-refractivity contribution in [3.8, 4) is 0 Å². The van der Waals surface area contributed by atoms with Crippen LogP contribution in [-0.2, 0) is 19.1 Å². The quantitative estimate of drug-likeness (QED) is 0.427. The summed E-state index contributed by atoms with van der Waals surface area (Å²) in [4.78, 5) is 35.1. The van der Waals surface area contributed by atoms with Crippen molar-refractivity contribution in [2.75, 3.05) is 18.5 Å². The monoisotopic (exact) mass is 333 g/mol. The third-order valence-corrected chi connectivity index (χ3v) is 3.07. The predicted octanol–water partition coefficient (Wildman–Crippen LogP) is 3.09. The fraction of sp³-hybridized carbons (Fsp3) is 0.389. The van der Waals surface area contributed by atoms with Gasteiger partial charge in [-0.05, 0) is 37.6 Å². The summed E-state index contributed by atoms with van der Waals surface area (Å²) in [6, 6.07) is 6.29. The molecule has 0 saturated heterocycles. The minimum Gasteiger partial charge on any atom is -0.462 e. The van der Waals surface area contributed by atoms with Crippen LogP contribution in [0.15, 0.2) is 36.4 Å². The standard InChI is InChI=1S/C18H23NO5/c1-4-6-11-24-17(21)13(3)12-16(20)19-15-9-7-14(8-10-15)18(22)23-5-2/h7-10H,3-6,11-12H2,1-2H3,(H,19,20). The molecule has 0 fully saturated rings. The highest BCUT2D eigenvalue weighted by Crippen LogP contribution is 2.12. The molecule has 0 unspecified atom stereocenters. The van der Waals surface area contributed by atoms with Crippen molar-refractivity contribution in [3.63, 3.8) is 0 Å². The number of anilines is 1. The molecular weight excluding hydrogens is 310 g/mol. The Morgan fingerprint density at radius 2 is 1.75 bits per heavy atom. The maximum Gasteiger partial charge on any atom is 0.338 e. The van der Waals surface area contributed by atoms with Crippen molar-refractivity contribution in [1.29, 1.82) is 0 Å².